The second kappa shape index (κ2) is 5.68. The van der Waals surface area contributed by atoms with Crippen LogP contribution in [0.2, 0.25) is 0 Å². The summed E-state index contributed by atoms with van der Waals surface area (Å²) in [4.78, 5) is 0. The maximum absolute atomic E-state index is 5.43. The van der Waals surface area contributed by atoms with Crippen LogP contribution in [0.3, 0.4) is 0 Å². The molecule has 3 nitrogen and oxygen atoms in total. The molecule has 0 N–H and O–H groups in total. The SMILES string of the molecule is COc1cc2cc(-c3ccccc3)[n+](C)c(C)c2cc1OC. The average molecular weight is 294 g/mol. The number of nitrogens with zero attached hydrogens (tertiary/aromatic N) is 1. The molecule has 3 rings (SSSR count). The molecular weight excluding hydrogens is 274 g/mol. The second-order valence-corrected chi connectivity index (χ2v) is 5.33. The standard InChI is InChI=1S/C19H20NO2/c1-13-16-12-19(22-4)18(21-3)11-15(16)10-17(20(13)2)14-8-6-5-7-9-14/h5-12H,1-4H3/q+1. The maximum atomic E-state index is 5.43. The fourth-order valence-electron chi connectivity index (χ4n) is 2.82. The van der Waals surface area contributed by atoms with Gasteiger partial charge in [0.25, 0.3) is 0 Å². The van der Waals surface area contributed by atoms with Crippen molar-refractivity contribution in [1.29, 1.82) is 0 Å². The number of fused-ring (bicyclic) bond motifs is 1. The largest absolute Gasteiger partial charge is 0.493 e. The summed E-state index contributed by atoms with van der Waals surface area (Å²) < 4.78 is 13.1. The van der Waals surface area contributed by atoms with Crippen molar-refractivity contribution >= 4 is 10.8 Å². The lowest BCUT2D eigenvalue weighted by Gasteiger charge is -2.11. The minimum atomic E-state index is 0.752. The zero-order valence-electron chi connectivity index (χ0n) is 13.4. The van der Waals surface area contributed by atoms with Crippen LogP contribution in [0.4, 0.5) is 0 Å². The van der Waals surface area contributed by atoms with Gasteiger partial charge in [0.1, 0.15) is 7.05 Å². The summed E-state index contributed by atoms with van der Waals surface area (Å²) in [6.07, 6.45) is 0. The molecule has 0 atom stereocenters. The smallest absolute Gasteiger partial charge is 0.213 e. The molecule has 0 aliphatic carbocycles. The van der Waals surface area contributed by atoms with Crippen molar-refractivity contribution in [3.63, 3.8) is 0 Å². The van der Waals surface area contributed by atoms with E-state index in [4.69, 9.17) is 9.47 Å². The van der Waals surface area contributed by atoms with Gasteiger partial charge in [0.05, 0.1) is 19.6 Å². The summed E-state index contributed by atoms with van der Waals surface area (Å²) in [5.74, 6) is 1.51. The van der Waals surface area contributed by atoms with E-state index in [9.17, 15) is 0 Å². The number of pyridine rings is 1. The molecule has 0 saturated carbocycles. The zero-order chi connectivity index (χ0) is 15.7. The Balaban J connectivity index is 2.32. The number of hydrogen-bond acceptors (Lipinski definition) is 2. The molecule has 0 unspecified atom stereocenters. The van der Waals surface area contributed by atoms with Crippen molar-refractivity contribution in [3.8, 4) is 22.8 Å². The highest BCUT2D eigenvalue weighted by Gasteiger charge is 2.18. The van der Waals surface area contributed by atoms with Gasteiger partial charge >= 0.3 is 0 Å². The summed E-state index contributed by atoms with van der Waals surface area (Å²) in [5, 5.41) is 2.31. The Bertz CT molecular complexity index is 826. The molecular formula is C19H20NO2+. The summed E-state index contributed by atoms with van der Waals surface area (Å²) in [7, 11) is 5.42. The Morgan fingerprint density at radius 2 is 1.50 bits per heavy atom. The Kier molecular flexibility index (Phi) is 3.72. The highest BCUT2D eigenvalue weighted by Crippen LogP contribution is 2.34. The van der Waals surface area contributed by atoms with E-state index < -0.39 is 0 Å². The summed E-state index contributed by atoms with van der Waals surface area (Å²) >= 11 is 0. The van der Waals surface area contributed by atoms with Gasteiger partial charge < -0.3 is 9.47 Å². The number of aromatic nitrogens is 1. The van der Waals surface area contributed by atoms with Gasteiger partial charge in [-0.25, -0.2) is 0 Å². The molecule has 112 valence electrons. The second-order valence-electron chi connectivity index (χ2n) is 5.33. The lowest BCUT2D eigenvalue weighted by atomic mass is 10.0. The first kappa shape index (κ1) is 14.4. The van der Waals surface area contributed by atoms with E-state index in [-0.39, 0.29) is 0 Å². The zero-order valence-corrected chi connectivity index (χ0v) is 13.4. The maximum Gasteiger partial charge on any atom is 0.213 e. The molecule has 0 aliphatic heterocycles. The highest BCUT2D eigenvalue weighted by molar-refractivity contribution is 5.89. The monoisotopic (exact) mass is 294 g/mol. The van der Waals surface area contributed by atoms with Crippen LogP contribution in [-0.2, 0) is 7.05 Å². The van der Waals surface area contributed by atoms with E-state index in [0.717, 1.165) is 16.9 Å². The van der Waals surface area contributed by atoms with Gasteiger partial charge in [-0.1, -0.05) is 18.2 Å². The molecule has 22 heavy (non-hydrogen) atoms. The third-order valence-electron chi connectivity index (χ3n) is 4.17. The molecule has 0 amide bonds. The van der Waals surface area contributed by atoms with Crippen LogP contribution in [0.1, 0.15) is 5.69 Å². The Labute approximate surface area is 130 Å². The third kappa shape index (κ3) is 2.29. The Morgan fingerprint density at radius 3 is 2.14 bits per heavy atom. The van der Waals surface area contributed by atoms with Crippen molar-refractivity contribution in [2.45, 2.75) is 6.92 Å². The van der Waals surface area contributed by atoms with Crippen LogP contribution in [0.15, 0.2) is 48.5 Å². The molecule has 0 spiro atoms. The first-order valence-corrected chi connectivity index (χ1v) is 7.26. The number of benzene rings is 2. The normalized spacial score (nSPS) is 10.7. The molecule has 2 aromatic carbocycles. The first-order valence-electron chi connectivity index (χ1n) is 7.26. The van der Waals surface area contributed by atoms with Crippen LogP contribution in [0, 0.1) is 6.92 Å². The molecule has 0 fully saturated rings. The first-order chi connectivity index (χ1) is 10.7. The summed E-state index contributed by atoms with van der Waals surface area (Å²) in [6, 6.07) is 16.7. The molecule has 0 aliphatic rings. The lowest BCUT2D eigenvalue weighted by molar-refractivity contribution is -0.665. The van der Waals surface area contributed by atoms with E-state index in [1.54, 1.807) is 14.2 Å². The number of methoxy groups -OCH3 is 2. The highest BCUT2D eigenvalue weighted by atomic mass is 16.5. The van der Waals surface area contributed by atoms with Gasteiger partial charge in [0.2, 0.25) is 5.69 Å². The molecule has 3 heteroatoms. The molecule has 0 bridgehead atoms. The predicted molar refractivity (Wildman–Crippen MR) is 88.4 cm³/mol. The van der Waals surface area contributed by atoms with Gasteiger partial charge in [-0.15, -0.1) is 0 Å². The van der Waals surface area contributed by atoms with Gasteiger partial charge in [-0.05, 0) is 29.7 Å². The number of ether oxygens (including phenoxy) is 2. The minimum Gasteiger partial charge on any atom is -0.493 e. The van der Waals surface area contributed by atoms with Gasteiger partial charge in [0, 0.05) is 18.6 Å². The Morgan fingerprint density at radius 1 is 0.864 bits per heavy atom. The van der Waals surface area contributed by atoms with E-state index >= 15 is 0 Å². The van der Waals surface area contributed by atoms with E-state index in [0.29, 0.717) is 0 Å². The van der Waals surface area contributed by atoms with Gasteiger partial charge in [-0.2, -0.15) is 4.57 Å². The molecule has 0 saturated heterocycles. The van der Waals surface area contributed by atoms with Gasteiger partial charge in [0.15, 0.2) is 17.2 Å². The van der Waals surface area contributed by atoms with E-state index in [1.165, 1.54) is 22.3 Å². The van der Waals surface area contributed by atoms with Crippen molar-refractivity contribution in [2.75, 3.05) is 14.2 Å². The van der Waals surface area contributed by atoms with Gasteiger partial charge in [-0.3, -0.25) is 0 Å². The van der Waals surface area contributed by atoms with E-state index in [2.05, 4.69) is 48.9 Å². The fourth-order valence-corrected chi connectivity index (χ4v) is 2.82. The van der Waals surface area contributed by atoms with Crippen LogP contribution in [-0.4, -0.2) is 14.2 Å². The molecule has 1 heterocycles. The number of rotatable bonds is 3. The van der Waals surface area contributed by atoms with Crippen molar-refractivity contribution < 1.29 is 14.0 Å². The van der Waals surface area contributed by atoms with Crippen molar-refractivity contribution in [1.82, 2.24) is 0 Å². The van der Waals surface area contributed by atoms with Crippen LogP contribution < -0.4 is 14.0 Å². The minimum absolute atomic E-state index is 0.752. The average Bonchev–Trinajstić information content (AvgIpc) is 2.57. The predicted octanol–water partition coefficient (Wildman–Crippen LogP) is 3.66. The van der Waals surface area contributed by atoms with Crippen LogP contribution in [0.25, 0.3) is 22.0 Å². The summed E-state index contributed by atoms with van der Waals surface area (Å²) in [6.45, 7) is 2.13. The molecule has 3 aromatic rings. The molecule has 0 radical (unpaired) electrons. The van der Waals surface area contributed by atoms with Crippen LogP contribution >= 0.6 is 0 Å². The van der Waals surface area contributed by atoms with Crippen LogP contribution in [0.5, 0.6) is 11.5 Å². The van der Waals surface area contributed by atoms with E-state index in [1.807, 2.05) is 18.2 Å². The quantitative estimate of drug-likeness (QED) is 0.688. The van der Waals surface area contributed by atoms with Crippen molar-refractivity contribution in [2.24, 2.45) is 7.05 Å². The van der Waals surface area contributed by atoms with Crippen molar-refractivity contribution in [3.05, 3.63) is 54.2 Å². The fraction of sp³-hybridized carbons (Fsp3) is 0.211. The number of hydrogen-bond donors (Lipinski definition) is 0. The topological polar surface area (TPSA) is 22.3 Å². The Hall–Kier alpha value is -2.55. The third-order valence-corrected chi connectivity index (χ3v) is 4.17. The summed E-state index contributed by atoms with van der Waals surface area (Å²) in [5.41, 5.74) is 3.57. The molecule has 1 aromatic heterocycles. The lowest BCUT2D eigenvalue weighted by Crippen LogP contribution is -2.34. The number of aryl methyl sites for hydroxylation is 1.